The first kappa shape index (κ1) is 13.8. The van der Waals surface area contributed by atoms with Crippen LogP contribution in [0.3, 0.4) is 0 Å². The van der Waals surface area contributed by atoms with Crippen LogP contribution in [0.1, 0.15) is 19.4 Å². The fourth-order valence-corrected chi connectivity index (χ4v) is 2.82. The van der Waals surface area contributed by atoms with Crippen molar-refractivity contribution in [2.24, 2.45) is 0 Å². The largest absolute Gasteiger partial charge is 0.392 e. The van der Waals surface area contributed by atoms with Crippen molar-refractivity contribution in [3.05, 3.63) is 27.8 Å². The molecule has 6 nitrogen and oxygen atoms in total. The molecule has 1 aliphatic heterocycles. The van der Waals surface area contributed by atoms with Gasteiger partial charge in [0.25, 0.3) is 5.69 Å². The Balaban J connectivity index is 2.39. The first-order valence-electron chi connectivity index (χ1n) is 5.84. The van der Waals surface area contributed by atoms with E-state index in [1.807, 2.05) is 0 Å². The molecule has 7 heteroatoms. The molecule has 102 valence electrons. The number of rotatable bonds is 4. The SMILES string of the molecule is CC(O)C(C)Sc1cc2c(cc1[N+](=O)[O-])CC(=O)N2. The molecule has 1 heterocycles. The van der Waals surface area contributed by atoms with E-state index in [-0.39, 0.29) is 23.3 Å². The zero-order chi connectivity index (χ0) is 14.2. The Labute approximate surface area is 114 Å². The van der Waals surface area contributed by atoms with Crippen molar-refractivity contribution in [1.82, 2.24) is 0 Å². The second-order valence-corrected chi connectivity index (χ2v) is 5.94. The molecular weight excluding hydrogens is 268 g/mol. The van der Waals surface area contributed by atoms with Crippen LogP contribution in [0.4, 0.5) is 11.4 Å². The first-order chi connectivity index (χ1) is 8.88. The molecule has 0 spiro atoms. The van der Waals surface area contributed by atoms with Gasteiger partial charge in [-0.2, -0.15) is 0 Å². The number of hydrogen-bond donors (Lipinski definition) is 2. The molecule has 1 aliphatic rings. The smallest absolute Gasteiger partial charge is 0.283 e. The van der Waals surface area contributed by atoms with E-state index in [9.17, 15) is 20.0 Å². The van der Waals surface area contributed by atoms with Crippen molar-refractivity contribution in [3.63, 3.8) is 0 Å². The minimum atomic E-state index is -0.576. The van der Waals surface area contributed by atoms with Gasteiger partial charge in [0.15, 0.2) is 0 Å². The molecule has 1 amide bonds. The highest BCUT2D eigenvalue weighted by molar-refractivity contribution is 8.00. The Bertz CT molecular complexity index is 545. The molecule has 0 saturated carbocycles. The predicted octanol–water partition coefficient (Wildman–Crippen LogP) is 1.95. The number of amides is 1. The average Bonchev–Trinajstić information content (AvgIpc) is 2.66. The van der Waals surface area contributed by atoms with Crippen LogP contribution in [0.25, 0.3) is 0 Å². The molecule has 19 heavy (non-hydrogen) atoms. The predicted molar refractivity (Wildman–Crippen MR) is 72.4 cm³/mol. The Kier molecular flexibility index (Phi) is 3.77. The topological polar surface area (TPSA) is 92.5 Å². The number of hydrogen-bond acceptors (Lipinski definition) is 5. The number of anilines is 1. The van der Waals surface area contributed by atoms with Gasteiger partial charge in [-0.3, -0.25) is 14.9 Å². The van der Waals surface area contributed by atoms with E-state index in [0.717, 1.165) is 0 Å². The number of fused-ring (bicyclic) bond motifs is 1. The number of nitrogens with zero attached hydrogens (tertiary/aromatic N) is 1. The minimum Gasteiger partial charge on any atom is -0.392 e. The van der Waals surface area contributed by atoms with Crippen molar-refractivity contribution in [2.45, 2.75) is 36.5 Å². The standard InChI is InChI=1S/C12H14N2O4S/c1-6(15)7(2)19-11-5-9-8(4-12(16)13-9)3-10(11)14(17)18/h3,5-7,15H,4H2,1-2H3,(H,13,16). The van der Waals surface area contributed by atoms with Crippen molar-refractivity contribution in [2.75, 3.05) is 5.32 Å². The fourth-order valence-electron chi connectivity index (χ4n) is 1.78. The van der Waals surface area contributed by atoms with E-state index < -0.39 is 11.0 Å². The summed E-state index contributed by atoms with van der Waals surface area (Å²) >= 11 is 1.23. The Morgan fingerprint density at radius 2 is 2.16 bits per heavy atom. The molecule has 0 fully saturated rings. The van der Waals surface area contributed by atoms with Crippen LogP contribution < -0.4 is 5.32 Å². The minimum absolute atomic E-state index is 0.0206. The van der Waals surface area contributed by atoms with Crippen LogP contribution in [0.15, 0.2) is 17.0 Å². The first-order valence-corrected chi connectivity index (χ1v) is 6.72. The maximum atomic E-state index is 11.3. The van der Waals surface area contributed by atoms with Gasteiger partial charge >= 0.3 is 0 Å². The second kappa shape index (κ2) is 5.18. The van der Waals surface area contributed by atoms with Crippen molar-refractivity contribution >= 4 is 29.0 Å². The van der Waals surface area contributed by atoms with Gasteiger partial charge in [0, 0.05) is 17.0 Å². The van der Waals surface area contributed by atoms with Crippen LogP contribution in [0.2, 0.25) is 0 Å². The molecule has 2 rings (SSSR count). The Morgan fingerprint density at radius 1 is 1.47 bits per heavy atom. The summed E-state index contributed by atoms with van der Waals surface area (Å²) in [6, 6.07) is 3.05. The van der Waals surface area contributed by atoms with Crippen LogP contribution in [-0.2, 0) is 11.2 Å². The third kappa shape index (κ3) is 2.87. The zero-order valence-corrected chi connectivity index (χ0v) is 11.4. The molecule has 0 bridgehead atoms. The summed E-state index contributed by atoms with van der Waals surface area (Å²) in [6.07, 6.45) is -0.403. The van der Waals surface area contributed by atoms with Gasteiger partial charge in [-0.05, 0) is 18.6 Å². The monoisotopic (exact) mass is 282 g/mol. The molecule has 0 aliphatic carbocycles. The van der Waals surface area contributed by atoms with E-state index in [1.165, 1.54) is 17.8 Å². The van der Waals surface area contributed by atoms with Gasteiger partial charge in [0.1, 0.15) is 0 Å². The molecule has 0 saturated heterocycles. The van der Waals surface area contributed by atoms with Crippen molar-refractivity contribution < 1.29 is 14.8 Å². The lowest BCUT2D eigenvalue weighted by Gasteiger charge is -2.14. The number of aliphatic hydroxyl groups excluding tert-OH is 1. The molecular formula is C12H14N2O4S. The summed E-state index contributed by atoms with van der Waals surface area (Å²) in [5, 5.41) is 23.1. The van der Waals surface area contributed by atoms with E-state index in [0.29, 0.717) is 16.1 Å². The van der Waals surface area contributed by atoms with Gasteiger partial charge in [-0.1, -0.05) is 6.92 Å². The number of nitro benzene ring substituents is 1. The van der Waals surface area contributed by atoms with Crippen LogP contribution in [0, 0.1) is 10.1 Å². The van der Waals surface area contributed by atoms with Gasteiger partial charge in [0.2, 0.25) is 5.91 Å². The summed E-state index contributed by atoms with van der Waals surface area (Å²) in [5.41, 5.74) is 1.24. The molecule has 1 aromatic rings. The quantitative estimate of drug-likeness (QED) is 0.500. The number of nitro groups is 1. The molecule has 2 N–H and O–H groups in total. The molecule has 1 aromatic carbocycles. The van der Waals surface area contributed by atoms with Crippen LogP contribution in [-0.4, -0.2) is 27.3 Å². The highest BCUT2D eigenvalue weighted by Crippen LogP contribution is 2.38. The number of aliphatic hydroxyl groups is 1. The summed E-state index contributed by atoms with van der Waals surface area (Å²) in [5.74, 6) is -0.157. The molecule has 0 radical (unpaired) electrons. The summed E-state index contributed by atoms with van der Waals surface area (Å²) in [7, 11) is 0. The maximum absolute atomic E-state index is 11.3. The van der Waals surface area contributed by atoms with Crippen LogP contribution in [0.5, 0.6) is 0 Å². The zero-order valence-electron chi connectivity index (χ0n) is 10.5. The molecule has 2 unspecified atom stereocenters. The highest BCUT2D eigenvalue weighted by atomic mass is 32.2. The maximum Gasteiger partial charge on any atom is 0.283 e. The van der Waals surface area contributed by atoms with E-state index >= 15 is 0 Å². The number of nitrogens with one attached hydrogen (secondary N) is 1. The normalized spacial score (nSPS) is 16.7. The van der Waals surface area contributed by atoms with E-state index in [4.69, 9.17) is 0 Å². The van der Waals surface area contributed by atoms with Crippen LogP contribution >= 0.6 is 11.8 Å². The number of carbonyl (C=O) groups excluding carboxylic acids is 1. The van der Waals surface area contributed by atoms with E-state index in [2.05, 4.69) is 5.32 Å². The fraction of sp³-hybridized carbons (Fsp3) is 0.417. The number of benzene rings is 1. The molecule has 2 atom stereocenters. The highest BCUT2D eigenvalue weighted by Gasteiger charge is 2.26. The summed E-state index contributed by atoms with van der Waals surface area (Å²) in [4.78, 5) is 22.4. The third-order valence-corrected chi connectivity index (χ3v) is 4.35. The van der Waals surface area contributed by atoms with Gasteiger partial charge < -0.3 is 10.4 Å². The molecule has 0 aromatic heterocycles. The van der Waals surface area contributed by atoms with E-state index in [1.54, 1.807) is 19.9 Å². The Morgan fingerprint density at radius 3 is 2.74 bits per heavy atom. The van der Waals surface area contributed by atoms with Crippen molar-refractivity contribution in [1.29, 1.82) is 0 Å². The van der Waals surface area contributed by atoms with Gasteiger partial charge in [-0.25, -0.2) is 0 Å². The van der Waals surface area contributed by atoms with Gasteiger partial charge in [-0.15, -0.1) is 11.8 Å². The Hall–Kier alpha value is -1.60. The van der Waals surface area contributed by atoms with Crippen molar-refractivity contribution in [3.8, 4) is 0 Å². The third-order valence-electron chi connectivity index (χ3n) is 3.00. The van der Waals surface area contributed by atoms with Gasteiger partial charge in [0.05, 0.1) is 22.3 Å². The summed E-state index contributed by atoms with van der Waals surface area (Å²) in [6.45, 7) is 3.43. The lowest BCUT2D eigenvalue weighted by molar-refractivity contribution is -0.387. The lowest BCUT2D eigenvalue weighted by atomic mass is 10.1. The lowest BCUT2D eigenvalue weighted by Crippen LogP contribution is -2.15. The summed E-state index contributed by atoms with van der Waals surface area (Å²) < 4.78 is 0. The number of thioether (sulfide) groups is 1. The second-order valence-electron chi connectivity index (χ2n) is 4.52. The average molecular weight is 282 g/mol. The number of carbonyl (C=O) groups is 1.